The smallest absolute Gasteiger partial charge is 0.0705 e. The summed E-state index contributed by atoms with van der Waals surface area (Å²) >= 11 is 0. The molecule has 0 unspecified atom stereocenters. The van der Waals surface area contributed by atoms with Crippen LogP contribution in [0.5, 0.6) is 0 Å². The first kappa shape index (κ1) is 11.0. The summed E-state index contributed by atoms with van der Waals surface area (Å²) in [6, 6.07) is 12.1. The number of rotatable bonds is 3. The van der Waals surface area contributed by atoms with Gasteiger partial charge in [0.15, 0.2) is 0 Å². The second-order valence-corrected chi connectivity index (χ2v) is 4.34. The predicted molar refractivity (Wildman–Crippen MR) is 71.2 cm³/mol. The molecule has 1 N–H and O–H groups in total. The van der Waals surface area contributed by atoms with E-state index in [0.29, 0.717) is 0 Å². The molecular formula is C15H14N2O. The second kappa shape index (κ2) is 4.63. The van der Waals surface area contributed by atoms with Crippen LogP contribution in [0.15, 0.2) is 55.0 Å². The Bertz CT molecular complexity index is 668. The van der Waals surface area contributed by atoms with Gasteiger partial charge >= 0.3 is 0 Å². The van der Waals surface area contributed by atoms with Crippen LogP contribution in [-0.2, 0) is 13.2 Å². The van der Waals surface area contributed by atoms with E-state index in [9.17, 15) is 0 Å². The van der Waals surface area contributed by atoms with Crippen LogP contribution in [0.25, 0.3) is 10.9 Å². The van der Waals surface area contributed by atoms with Crippen molar-refractivity contribution in [2.24, 2.45) is 0 Å². The lowest BCUT2D eigenvalue weighted by molar-refractivity contribution is 0.282. The second-order valence-electron chi connectivity index (χ2n) is 4.34. The molecule has 3 rings (SSSR count). The number of hydrogen-bond donors (Lipinski definition) is 1. The molecule has 0 spiro atoms. The highest BCUT2D eigenvalue weighted by molar-refractivity contribution is 5.81. The molecule has 3 nitrogen and oxygen atoms in total. The zero-order valence-electron chi connectivity index (χ0n) is 9.95. The topological polar surface area (TPSA) is 38.0 Å². The van der Waals surface area contributed by atoms with Crippen molar-refractivity contribution in [2.45, 2.75) is 13.2 Å². The van der Waals surface area contributed by atoms with Crippen LogP contribution in [0.1, 0.15) is 11.1 Å². The molecule has 0 amide bonds. The van der Waals surface area contributed by atoms with Gasteiger partial charge in [0, 0.05) is 30.5 Å². The number of hydrogen-bond acceptors (Lipinski definition) is 2. The molecule has 18 heavy (non-hydrogen) atoms. The van der Waals surface area contributed by atoms with Gasteiger partial charge in [0.05, 0.1) is 12.1 Å². The molecule has 0 aliphatic rings. The average Bonchev–Trinajstić information content (AvgIpc) is 2.87. The predicted octanol–water partition coefficient (Wildman–Crippen LogP) is 2.58. The Morgan fingerprint density at radius 2 is 2.00 bits per heavy atom. The molecule has 3 heteroatoms. The highest BCUT2D eigenvalue weighted by Gasteiger charge is 2.02. The van der Waals surface area contributed by atoms with E-state index >= 15 is 0 Å². The van der Waals surface area contributed by atoms with Crippen LogP contribution in [0.2, 0.25) is 0 Å². The number of para-hydroxylation sites is 1. The van der Waals surface area contributed by atoms with E-state index in [0.717, 1.165) is 17.6 Å². The van der Waals surface area contributed by atoms with Gasteiger partial charge in [-0.05, 0) is 29.3 Å². The molecule has 0 aliphatic carbocycles. The Balaban J connectivity index is 1.99. The van der Waals surface area contributed by atoms with Gasteiger partial charge in [-0.15, -0.1) is 0 Å². The third-order valence-corrected chi connectivity index (χ3v) is 3.09. The maximum absolute atomic E-state index is 9.07. The summed E-state index contributed by atoms with van der Waals surface area (Å²) in [6.45, 7) is 0.882. The van der Waals surface area contributed by atoms with Gasteiger partial charge in [0.1, 0.15) is 0 Å². The van der Waals surface area contributed by atoms with Crippen LogP contribution in [0.4, 0.5) is 0 Å². The van der Waals surface area contributed by atoms with Crippen molar-refractivity contribution in [3.05, 3.63) is 66.1 Å². The quantitative estimate of drug-likeness (QED) is 0.761. The van der Waals surface area contributed by atoms with Gasteiger partial charge in [-0.3, -0.25) is 4.98 Å². The first-order valence-corrected chi connectivity index (χ1v) is 5.95. The molecular weight excluding hydrogens is 224 g/mol. The highest BCUT2D eigenvalue weighted by atomic mass is 16.3. The molecule has 3 aromatic rings. The number of benzene rings is 1. The highest BCUT2D eigenvalue weighted by Crippen LogP contribution is 2.17. The lowest BCUT2D eigenvalue weighted by Gasteiger charge is -2.07. The number of aromatic nitrogens is 2. The number of pyridine rings is 1. The van der Waals surface area contributed by atoms with Crippen molar-refractivity contribution < 1.29 is 5.11 Å². The zero-order chi connectivity index (χ0) is 12.4. The van der Waals surface area contributed by atoms with Gasteiger partial charge in [0.25, 0.3) is 0 Å². The number of aliphatic hydroxyl groups is 1. The standard InChI is InChI=1S/C15H14N2O/c18-11-12-6-8-17(9-12)10-13-5-7-16-15-4-2-1-3-14(13)15/h1-9,18H,10-11H2. The van der Waals surface area contributed by atoms with Crippen molar-refractivity contribution in [3.8, 4) is 0 Å². The molecule has 0 saturated heterocycles. The van der Waals surface area contributed by atoms with Gasteiger partial charge in [-0.1, -0.05) is 18.2 Å². The Labute approximate surface area is 105 Å². The van der Waals surface area contributed by atoms with Crippen molar-refractivity contribution >= 4 is 10.9 Å². The van der Waals surface area contributed by atoms with Crippen LogP contribution in [-0.4, -0.2) is 14.7 Å². The Hall–Kier alpha value is -2.13. The van der Waals surface area contributed by atoms with Gasteiger partial charge in [-0.25, -0.2) is 0 Å². The van der Waals surface area contributed by atoms with E-state index in [2.05, 4.69) is 15.6 Å². The van der Waals surface area contributed by atoms with Gasteiger partial charge < -0.3 is 9.67 Å². The SMILES string of the molecule is OCc1ccn(Cc2ccnc3ccccc23)c1. The van der Waals surface area contributed by atoms with E-state index in [4.69, 9.17) is 5.11 Å². The number of fused-ring (bicyclic) bond motifs is 1. The molecule has 0 bridgehead atoms. The molecule has 2 aromatic heterocycles. The third kappa shape index (κ3) is 2.00. The summed E-state index contributed by atoms with van der Waals surface area (Å²) < 4.78 is 2.08. The number of nitrogens with zero attached hydrogens (tertiary/aromatic N) is 2. The maximum atomic E-state index is 9.07. The third-order valence-electron chi connectivity index (χ3n) is 3.09. The monoisotopic (exact) mass is 238 g/mol. The van der Waals surface area contributed by atoms with Crippen molar-refractivity contribution in [1.82, 2.24) is 9.55 Å². The summed E-state index contributed by atoms with van der Waals surface area (Å²) in [6.07, 6.45) is 5.80. The van der Waals surface area contributed by atoms with E-state index in [1.54, 1.807) is 0 Å². The van der Waals surface area contributed by atoms with E-state index in [1.807, 2.05) is 48.9 Å². The van der Waals surface area contributed by atoms with Crippen molar-refractivity contribution in [2.75, 3.05) is 0 Å². The fraction of sp³-hybridized carbons (Fsp3) is 0.133. The summed E-state index contributed by atoms with van der Waals surface area (Å²) in [4.78, 5) is 4.36. The summed E-state index contributed by atoms with van der Waals surface area (Å²) in [5.41, 5.74) is 3.19. The normalized spacial score (nSPS) is 10.9. The minimum absolute atomic E-state index is 0.0874. The minimum atomic E-state index is 0.0874. The van der Waals surface area contributed by atoms with Crippen LogP contribution in [0.3, 0.4) is 0 Å². The first-order chi connectivity index (χ1) is 8.86. The summed E-state index contributed by atoms with van der Waals surface area (Å²) in [5.74, 6) is 0. The molecule has 0 atom stereocenters. The number of aliphatic hydroxyl groups excluding tert-OH is 1. The Morgan fingerprint density at radius 3 is 2.83 bits per heavy atom. The Kier molecular flexibility index (Phi) is 2.82. The zero-order valence-corrected chi connectivity index (χ0v) is 9.95. The van der Waals surface area contributed by atoms with E-state index in [1.165, 1.54) is 10.9 Å². The first-order valence-electron chi connectivity index (χ1n) is 5.95. The lowest BCUT2D eigenvalue weighted by Crippen LogP contribution is -1.98. The van der Waals surface area contributed by atoms with Crippen molar-refractivity contribution in [3.63, 3.8) is 0 Å². The Morgan fingerprint density at radius 1 is 1.11 bits per heavy atom. The van der Waals surface area contributed by atoms with Crippen molar-refractivity contribution in [1.29, 1.82) is 0 Å². The van der Waals surface area contributed by atoms with Crippen LogP contribution >= 0.6 is 0 Å². The molecule has 0 aliphatic heterocycles. The van der Waals surface area contributed by atoms with E-state index in [-0.39, 0.29) is 6.61 Å². The molecule has 0 saturated carbocycles. The lowest BCUT2D eigenvalue weighted by atomic mass is 10.1. The molecule has 0 fully saturated rings. The minimum Gasteiger partial charge on any atom is -0.392 e. The summed E-state index contributed by atoms with van der Waals surface area (Å²) in [5, 5.41) is 10.2. The molecule has 0 radical (unpaired) electrons. The fourth-order valence-corrected chi connectivity index (χ4v) is 2.17. The summed E-state index contributed by atoms with van der Waals surface area (Å²) in [7, 11) is 0. The van der Waals surface area contributed by atoms with Gasteiger partial charge in [0.2, 0.25) is 0 Å². The fourth-order valence-electron chi connectivity index (χ4n) is 2.17. The molecule has 1 aromatic carbocycles. The molecule has 90 valence electrons. The van der Waals surface area contributed by atoms with Crippen LogP contribution < -0.4 is 0 Å². The maximum Gasteiger partial charge on any atom is 0.0705 e. The van der Waals surface area contributed by atoms with E-state index < -0.39 is 0 Å². The average molecular weight is 238 g/mol. The van der Waals surface area contributed by atoms with Gasteiger partial charge in [-0.2, -0.15) is 0 Å². The molecule has 2 heterocycles. The largest absolute Gasteiger partial charge is 0.392 e. The van der Waals surface area contributed by atoms with Crippen LogP contribution in [0, 0.1) is 0 Å².